The molecular weight excluding hydrogens is 186 g/mol. The first-order chi connectivity index (χ1) is 7.22. The van der Waals surface area contributed by atoms with Crippen LogP contribution in [0.3, 0.4) is 0 Å². The van der Waals surface area contributed by atoms with Crippen molar-refractivity contribution in [3.05, 3.63) is 29.8 Å². The van der Waals surface area contributed by atoms with Crippen LogP contribution in [0.25, 0.3) is 0 Å². The minimum atomic E-state index is 0.294. The largest absolute Gasteiger partial charge is 0.385 e. The van der Waals surface area contributed by atoms with Crippen molar-refractivity contribution in [1.82, 2.24) is 0 Å². The standard InChI is InChI=1S/C13H21NO/c1-4-9-14-13-7-5-12(6-8-13)10-15-11(2)3/h5-8,11,14H,4,9-10H2,1-3H3. The molecule has 0 aliphatic heterocycles. The van der Waals surface area contributed by atoms with Crippen molar-refractivity contribution in [2.75, 3.05) is 11.9 Å². The van der Waals surface area contributed by atoms with E-state index in [4.69, 9.17) is 4.74 Å². The summed E-state index contributed by atoms with van der Waals surface area (Å²) in [7, 11) is 0. The molecular formula is C13H21NO. The molecule has 0 atom stereocenters. The Balaban J connectivity index is 2.41. The minimum absolute atomic E-state index is 0.294. The van der Waals surface area contributed by atoms with Crippen LogP contribution in [0, 0.1) is 0 Å². The highest BCUT2D eigenvalue weighted by Crippen LogP contribution is 2.10. The van der Waals surface area contributed by atoms with Gasteiger partial charge < -0.3 is 10.1 Å². The van der Waals surface area contributed by atoms with Gasteiger partial charge in [-0.1, -0.05) is 19.1 Å². The molecule has 0 heterocycles. The summed E-state index contributed by atoms with van der Waals surface area (Å²) in [5.41, 5.74) is 2.41. The first-order valence-electron chi connectivity index (χ1n) is 5.66. The molecule has 0 amide bonds. The van der Waals surface area contributed by atoms with E-state index in [2.05, 4.69) is 50.4 Å². The summed E-state index contributed by atoms with van der Waals surface area (Å²) in [6.45, 7) is 8.00. The van der Waals surface area contributed by atoms with E-state index in [1.165, 1.54) is 11.3 Å². The number of ether oxygens (including phenoxy) is 1. The monoisotopic (exact) mass is 207 g/mol. The van der Waals surface area contributed by atoms with Gasteiger partial charge in [0.05, 0.1) is 12.7 Å². The fraction of sp³-hybridized carbons (Fsp3) is 0.538. The molecule has 0 fully saturated rings. The van der Waals surface area contributed by atoms with Crippen LogP contribution in [-0.2, 0) is 11.3 Å². The van der Waals surface area contributed by atoms with E-state index in [-0.39, 0.29) is 0 Å². The zero-order valence-corrected chi connectivity index (χ0v) is 9.92. The van der Waals surface area contributed by atoms with E-state index in [1.807, 2.05) is 0 Å². The highest BCUT2D eigenvalue weighted by molar-refractivity contribution is 5.44. The lowest BCUT2D eigenvalue weighted by Crippen LogP contribution is -2.03. The molecule has 2 nitrogen and oxygen atoms in total. The summed E-state index contributed by atoms with van der Waals surface area (Å²) in [5, 5.41) is 3.35. The smallest absolute Gasteiger partial charge is 0.0720 e. The third-order valence-corrected chi connectivity index (χ3v) is 2.12. The van der Waals surface area contributed by atoms with Gasteiger partial charge in [-0.3, -0.25) is 0 Å². The Bertz CT molecular complexity index is 266. The molecule has 84 valence electrons. The first-order valence-corrected chi connectivity index (χ1v) is 5.66. The third kappa shape index (κ3) is 4.84. The Morgan fingerprint density at radius 3 is 2.40 bits per heavy atom. The average molecular weight is 207 g/mol. The number of rotatable bonds is 6. The van der Waals surface area contributed by atoms with E-state index in [1.54, 1.807) is 0 Å². The van der Waals surface area contributed by atoms with Gasteiger partial charge in [0.1, 0.15) is 0 Å². The fourth-order valence-electron chi connectivity index (χ4n) is 1.25. The van der Waals surface area contributed by atoms with Gasteiger partial charge in [0.25, 0.3) is 0 Å². The number of benzene rings is 1. The second kappa shape index (κ2) is 6.46. The van der Waals surface area contributed by atoms with Crippen LogP contribution < -0.4 is 5.32 Å². The van der Waals surface area contributed by atoms with Crippen molar-refractivity contribution in [1.29, 1.82) is 0 Å². The highest BCUT2D eigenvalue weighted by atomic mass is 16.5. The van der Waals surface area contributed by atoms with Crippen LogP contribution in [0.4, 0.5) is 5.69 Å². The van der Waals surface area contributed by atoms with Crippen molar-refractivity contribution in [2.24, 2.45) is 0 Å². The van der Waals surface area contributed by atoms with Crippen molar-refractivity contribution >= 4 is 5.69 Å². The Labute approximate surface area is 92.6 Å². The summed E-state index contributed by atoms with van der Waals surface area (Å²) in [4.78, 5) is 0. The van der Waals surface area contributed by atoms with E-state index in [0.29, 0.717) is 12.7 Å². The Morgan fingerprint density at radius 1 is 1.20 bits per heavy atom. The molecule has 0 bridgehead atoms. The first kappa shape index (κ1) is 12.1. The predicted molar refractivity (Wildman–Crippen MR) is 65.1 cm³/mol. The van der Waals surface area contributed by atoms with Crippen molar-refractivity contribution in [3.8, 4) is 0 Å². The van der Waals surface area contributed by atoms with Gasteiger partial charge in [0, 0.05) is 12.2 Å². The molecule has 1 aromatic rings. The second-order valence-corrected chi connectivity index (χ2v) is 3.98. The lowest BCUT2D eigenvalue weighted by atomic mass is 10.2. The zero-order valence-electron chi connectivity index (χ0n) is 9.92. The predicted octanol–water partition coefficient (Wildman–Crippen LogP) is 3.43. The van der Waals surface area contributed by atoms with Crippen LogP contribution in [0.15, 0.2) is 24.3 Å². The van der Waals surface area contributed by atoms with Gasteiger partial charge in [0.2, 0.25) is 0 Å². The highest BCUT2D eigenvalue weighted by Gasteiger charge is 1.96. The van der Waals surface area contributed by atoms with E-state index in [9.17, 15) is 0 Å². The number of hydrogen-bond acceptors (Lipinski definition) is 2. The number of anilines is 1. The van der Waals surface area contributed by atoms with E-state index >= 15 is 0 Å². The van der Waals surface area contributed by atoms with Gasteiger partial charge in [-0.25, -0.2) is 0 Å². The fourth-order valence-corrected chi connectivity index (χ4v) is 1.25. The van der Waals surface area contributed by atoms with Crippen LogP contribution in [0.5, 0.6) is 0 Å². The molecule has 0 aliphatic carbocycles. The topological polar surface area (TPSA) is 21.3 Å². The van der Waals surface area contributed by atoms with Crippen LogP contribution in [-0.4, -0.2) is 12.6 Å². The van der Waals surface area contributed by atoms with Crippen molar-refractivity contribution in [3.63, 3.8) is 0 Å². The maximum absolute atomic E-state index is 5.53. The molecule has 15 heavy (non-hydrogen) atoms. The zero-order chi connectivity index (χ0) is 11.1. The van der Waals surface area contributed by atoms with Gasteiger partial charge in [-0.05, 0) is 38.0 Å². The average Bonchev–Trinajstić information content (AvgIpc) is 2.25. The second-order valence-electron chi connectivity index (χ2n) is 3.98. The molecule has 1 N–H and O–H groups in total. The Hall–Kier alpha value is -1.02. The van der Waals surface area contributed by atoms with Crippen LogP contribution in [0.2, 0.25) is 0 Å². The summed E-state index contributed by atoms with van der Waals surface area (Å²) in [5.74, 6) is 0. The Morgan fingerprint density at radius 2 is 1.87 bits per heavy atom. The molecule has 1 aromatic carbocycles. The molecule has 1 rings (SSSR count). The van der Waals surface area contributed by atoms with Gasteiger partial charge >= 0.3 is 0 Å². The SMILES string of the molecule is CCCNc1ccc(COC(C)C)cc1. The van der Waals surface area contributed by atoms with Crippen LogP contribution >= 0.6 is 0 Å². The third-order valence-electron chi connectivity index (χ3n) is 2.12. The lowest BCUT2D eigenvalue weighted by Gasteiger charge is -2.09. The summed E-state index contributed by atoms with van der Waals surface area (Å²) < 4.78 is 5.53. The molecule has 0 saturated heterocycles. The lowest BCUT2D eigenvalue weighted by molar-refractivity contribution is 0.0657. The maximum Gasteiger partial charge on any atom is 0.0720 e. The van der Waals surface area contributed by atoms with Crippen LogP contribution in [0.1, 0.15) is 32.8 Å². The summed E-state index contributed by atoms with van der Waals surface area (Å²) >= 11 is 0. The van der Waals surface area contributed by atoms with Gasteiger partial charge in [0.15, 0.2) is 0 Å². The Kier molecular flexibility index (Phi) is 5.19. The quantitative estimate of drug-likeness (QED) is 0.771. The molecule has 0 radical (unpaired) electrons. The maximum atomic E-state index is 5.53. The summed E-state index contributed by atoms with van der Waals surface area (Å²) in [6.07, 6.45) is 1.45. The number of nitrogens with one attached hydrogen (secondary N) is 1. The molecule has 2 heteroatoms. The van der Waals surface area contributed by atoms with Crippen molar-refractivity contribution < 1.29 is 4.74 Å². The van der Waals surface area contributed by atoms with Gasteiger partial charge in [-0.2, -0.15) is 0 Å². The normalized spacial score (nSPS) is 10.7. The van der Waals surface area contributed by atoms with Gasteiger partial charge in [-0.15, -0.1) is 0 Å². The molecule has 0 saturated carbocycles. The molecule has 0 unspecified atom stereocenters. The molecule has 0 aliphatic rings. The van der Waals surface area contributed by atoms with Crippen molar-refractivity contribution in [2.45, 2.75) is 39.9 Å². The minimum Gasteiger partial charge on any atom is -0.385 e. The molecule has 0 spiro atoms. The van der Waals surface area contributed by atoms with E-state index < -0.39 is 0 Å². The number of hydrogen-bond donors (Lipinski definition) is 1. The molecule has 0 aromatic heterocycles. The van der Waals surface area contributed by atoms with E-state index in [0.717, 1.165) is 13.0 Å². The summed E-state index contributed by atoms with van der Waals surface area (Å²) in [6, 6.07) is 8.43.